The molecule has 0 saturated carbocycles. The van der Waals surface area contributed by atoms with Crippen molar-refractivity contribution >= 4 is 34.9 Å². The maximum absolute atomic E-state index is 11.7. The highest BCUT2D eigenvalue weighted by Crippen LogP contribution is 2.25. The third-order valence-corrected chi connectivity index (χ3v) is 2.70. The SMILES string of the molecule is CC(C)(CN)NC(=O)Nc1cc(Cl)ccc1Cl. The minimum absolute atomic E-state index is 0.337. The zero-order chi connectivity index (χ0) is 13.1. The van der Waals surface area contributed by atoms with Crippen molar-refractivity contribution in [2.45, 2.75) is 19.4 Å². The standard InChI is InChI=1S/C11H15Cl2N3O/c1-11(2,6-14)16-10(17)15-9-5-7(12)3-4-8(9)13/h3-5H,6,14H2,1-2H3,(H2,15,16,17). The largest absolute Gasteiger partial charge is 0.332 e. The lowest BCUT2D eigenvalue weighted by molar-refractivity contribution is 0.242. The summed E-state index contributed by atoms with van der Waals surface area (Å²) in [7, 11) is 0. The smallest absolute Gasteiger partial charge is 0.319 e. The Morgan fingerprint density at radius 1 is 1.41 bits per heavy atom. The number of hydrogen-bond donors (Lipinski definition) is 3. The van der Waals surface area contributed by atoms with E-state index >= 15 is 0 Å². The first-order valence-electron chi connectivity index (χ1n) is 5.08. The van der Waals surface area contributed by atoms with Crippen LogP contribution in [0, 0.1) is 0 Å². The average Bonchev–Trinajstić information content (AvgIpc) is 2.23. The zero-order valence-electron chi connectivity index (χ0n) is 9.68. The number of halogens is 2. The Morgan fingerprint density at radius 3 is 2.65 bits per heavy atom. The summed E-state index contributed by atoms with van der Waals surface area (Å²) in [5, 5.41) is 6.27. The van der Waals surface area contributed by atoms with Crippen molar-refractivity contribution in [1.29, 1.82) is 0 Å². The second-order valence-electron chi connectivity index (χ2n) is 4.29. The maximum atomic E-state index is 11.7. The van der Waals surface area contributed by atoms with Crippen molar-refractivity contribution in [3.63, 3.8) is 0 Å². The van der Waals surface area contributed by atoms with Gasteiger partial charge >= 0.3 is 6.03 Å². The van der Waals surface area contributed by atoms with Crippen LogP contribution in [0.1, 0.15) is 13.8 Å². The molecule has 1 aromatic rings. The van der Waals surface area contributed by atoms with Gasteiger partial charge in [0.2, 0.25) is 0 Å². The first kappa shape index (κ1) is 14.1. The van der Waals surface area contributed by atoms with Crippen molar-refractivity contribution in [2.24, 2.45) is 5.73 Å². The molecule has 0 bridgehead atoms. The van der Waals surface area contributed by atoms with E-state index in [1.165, 1.54) is 0 Å². The van der Waals surface area contributed by atoms with Crippen molar-refractivity contribution in [3.05, 3.63) is 28.2 Å². The molecule has 0 saturated heterocycles. The van der Waals surface area contributed by atoms with Crippen molar-refractivity contribution in [1.82, 2.24) is 5.32 Å². The monoisotopic (exact) mass is 275 g/mol. The molecule has 0 atom stereocenters. The Balaban J connectivity index is 2.71. The number of urea groups is 1. The van der Waals surface area contributed by atoms with E-state index in [1.807, 2.05) is 13.8 Å². The number of rotatable bonds is 3. The summed E-state index contributed by atoms with van der Waals surface area (Å²) in [6.07, 6.45) is 0. The lowest BCUT2D eigenvalue weighted by Crippen LogP contribution is -2.50. The van der Waals surface area contributed by atoms with Crippen LogP contribution in [-0.2, 0) is 0 Å². The molecule has 0 aliphatic rings. The Morgan fingerprint density at radius 2 is 2.06 bits per heavy atom. The minimum Gasteiger partial charge on any atom is -0.332 e. The highest BCUT2D eigenvalue weighted by atomic mass is 35.5. The van der Waals surface area contributed by atoms with E-state index in [9.17, 15) is 4.79 Å². The Bertz CT molecular complexity index is 421. The molecule has 0 heterocycles. The summed E-state index contributed by atoms with van der Waals surface area (Å²) in [5.41, 5.74) is 5.50. The fraction of sp³-hybridized carbons (Fsp3) is 0.364. The number of carbonyl (C=O) groups excluding carboxylic acids is 1. The fourth-order valence-corrected chi connectivity index (χ4v) is 1.44. The molecule has 94 valence electrons. The number of nitrogens with two attached hydrogens (primary N) is 1. The van der Waals surface area contributed by atoms with E-state index in [0.29, 0.717) is 22.3 Å². The molecule has 4 N–H and O–H groups in total. The van der Waals surface area contributed by atoms with Gasteiger partial charge in [0.15, 0.2) is 0 Å². The van der Waals surface area contributed by atoms with Gasteiger partial charge in [-0.2, -0.15) is 0 Å². The number of carbonyl (C=O) groups is 1. The predicted molar refractivity (Wildman–Crippen MR) is 71.7 cm³/mol. The molecule has 1 rings (SSSR count). The van der Waals surface area contributed by atoms with E-state index in [0.717, 1.165) is 0 Å². The molecule has 0 spiro atoms. The molecule has 0 aromatic heterocycles. The molecule has 0 fully saturated rings. The van der Waals surface area contributed by atoms with E-state index in [4.69, 9.17) is 28.9 Å². The highest BCUT2D eigenvalue weighted by molar-refractivity contribution is 6.35. The highest BCUT2D eigenvalue weighted by Gasteiger charge is 2.18. The first-order chi connectivity index (χ1) is 7.84. The normalized spacial score (nSPS) is 11.1. The minimum atomic E-state index is -0.477. The van der Waals surface area contributed by atoms with Crippen LogP contribution in [0.15, 0.2) is 18.2 Å². The Hall–Kier alpha value is -0.970. The van der Waals surface area contributed by atoms with Crippen LogP contribution in [0.25, 0.3) is 0 Å². The molecule has 0 unspecified atom stereocenters. The summed E-state index contributed by atoms with van der Waals surface area (Å²) in [5.74, 6) is 0. The number of amides is 2. The molecular weight excluding hydrogens is 261 g/mol. The fourth-order valence-electron chi connectivity index (χ4n) is 1.11. The average molecular weight is 276 g/mol. The Labute approximate surface area is 110 Å². The van der Waals surface area contributed by atoms with Gasteiger partial charge in [-0.05, 0) is 32.0 Å². The number of benzene rings is 1. The van der Waals surface area contributed by atoms with Gasteiger partial charge in [0.05, 0.1) is 10.7 Å². The lowest BCUT2D eigenvalue weighted by atomic mass is 10.1. The molecule has 4 nitrogen and oxygen atoms in total. The van der Waals surface area contributed by atoms with Gasteiger partial charge in [0, 0.05) is 17.1 Å². The van der Waals surface area contributed by atoms with Crippen molar-refractivity contribution in [3.8, 4) is 0 Å². The Kier molecular flexibility index (Phi) is 4.62. The molecule has 0 radical (unpaired) electrons. The van der Waals surface area contributed by atoms with Gasteiger partial charge in [-0.15, -0.1) is 0 Å². The summed E-state index contributed by atoms with van der Waals surface area (Å²) >= 11 is 11.7. The molecular formula is C11H15Cl2N3O. The van der Waals surface area contributed by atoms with Gasteiger partial charge in [0.1, 0.15) is 0 Å². The van der Waals surface area contributed by atoms with Crippen molar-refractivity contribution < 1.29 is 4.79 Å². The quantitative estimate of drug-likeness (QED) is 0.794. The molecule has 2 amide bonds. The van der Waals surface area contributed by atoms with E-state index < -0.39 is 5.54 Å². The van der Waals surface area contributed by atoms with Gasteiger partial charge < -0.3 is 16.4 Å². The van der Waals surface area contributed by atoms with Crippen LogP contribution in [0.4, 0.5) is 10.5 Å². The summed E-state index contributed by atoms with van der Waals surface area (Å²) < 4.78 is 0. The van der Waals surface area contributed by atoms with Crippen LogP contribution in [-0.4, -0.2) is 18.1 Å². The van der Waals surface area contributed by atoms with Crippen LogP contribution in [0.5, 0.6) is 0 Å². The molecule has 1 aromatic carbocycles. The third kappa shape index (κ3) is 4.42. The number of anilines is 1. The van der Waals surface area contributed by atoms with Crippen LogP contribution >= 0.6 is 23.2 Å². The summed E-state index contributed by atoms with van der Waals surface area (Å²) in [4.78, 5) is 11.7. The lowest BCUT2D eigenvalue weighted by Gasteiger charge is -2.24. The van der Waals surface area contributed by atoms with Gasteiger partial charge in [-0.25, -0.2) is 4.79 Å². The molecule has 6 heteroatoms. The van der Waals surface area contributed by atoms with Gasteiger partial charge in [-0.3, -0.25) is 0 Å². The van der Waals surface area contributed by atoms with E-state index in [1.54, 1.807) is 18.2 Å². The predicted octanol–water partition coefficient (Wildman–Crippen LogP) is 2.85. The van der Waals surface area contributed by atoms with Gasteiger partial charge in [-0.1, -0.05) is 23.2 Å². The van der Waals surface area contributed by atoms with Gasteiger partial charge in [0.25, 0.3) is 0 Å². The topological polar surface area (TPSA) is 67.1 Å². The molecule has 0 aliphatic heterocycles. The van der Waals surface area contributed by atoms with Crippen LogP contribution < -0.4 is 16.4 Å². The first-order valence-corrected chi connectivity index (χ1v) is 5.84. The molecule has 0 aliphatic carbocycles. The van der Waals surface area contributed by atoms with Crippen LogP contribution in [0.3, 0.4) is 0 Å². The zero-order valence-corrected chi connectivity index (χ0v) is 11.2. The van der Waals surface area contributed by atoms with E-state index in [2.05, 4.69) is 10.6 Å². The summed E-state index contributed by atoms with van der Waals surface area (Å²) in [6.45, 7) is 3.99. The van der Waals surface area contributed by atoms with Crippen molar-refractivity contribution in [2.75, 3.05) is 11.9 Å². The maximum Gasteiger partial charge on any atom is 0.319 e. The molecule has 17 heavy (non-hydrogen) atoms. The van der Waals surface area contributed by atoms with Crippen LogP contribution in [0.2, 0.25) is 10.0 Å². The number of hydrogen-bond acceptors (Lipinski definition) is 2. The second-order valence-corrected chi connectivity index (χ2v) is 5.13. The number of nitrogens with one attached hydrogen (secondary N) is 2. The van der Waals surface area contributed by atoms with E-state index in [-0.39, 0.29) is 6.03 Å². The third-order valence-electron chi connectivity index (χ3n) is 2.14. The second kappa shape index (κ2) is 5.58. The summed E-state index contributed by atoms with van der Waals surface area (Å²) in [6, 6.07) is 4.48.